The molecule has 0 atom stereocenters. The van der Waals surface area contributed by atoms with Crippen LogP contribution in [0.2, 0.25) is 0 Å². The zero-order valence-corrected chi connectivity index (χ0v) is 12.6. The molecular weight excluding hydrogens is 272 g/mol. The number of carbonyl (C=O) groups excluding carboxylic acids is 1. The number of ether oxygens (including phenoxy) is 1. The first-order valence-corrected chi connectivity index (χ1v) is 7.40. The first-order chi connectivity index (χ1) is 10.8. The van der Waals surface area contributed by atoms with Gasteiger partial charge in [-0.05, 0) is 52.9 Å². The smallest absolute Gasteiger partial charge is 0.150 e. The van der Waals surface area contributed by atoms with Gasteiger partial charge in [-0.25, -0.2) is 0 Å². The third-order valence-electron chi connectivity index (χ3n) is 3.98. The van der Waals surface area contributed by atoms with Gasteiger partial charge in [-0.15, -0.1) is 0 Å². The standard InChI is InChI=1S/C20H18O2/c1-22-20-12-9-15(14-21)13-18(20)11-10-17-7-4-6-16-5-2-3-8-19(16)17/h2-9,12-14H,10-11H2,1H3. The van der Waals surface area contributed by atoms with Crippen LogP contribution >= 0.6 is 0 Å². The van der Waals surface area contributed by atoms with Crippen LogP contribution in [0, 0.1) is 0 Å². The van der Waals surface area contributed by atoms with Gasteiger partial charge in [0.2, 0.25) is 0 Å². The summed E-state index contributed by atoms with van der Waals surface area (Å²) in [5.41, 5.74) is 3.07. The number of rotatable bonds is 5. The summed E-state index contributed by atoms with van der Waals surface area (Å²) >= 11 is 0. The molecule has 0 amide bonds. The lowest BCUT2D eigenvalue weighted by Gasteiger charge is -2.10. The van der Waals surface area contributed by atoms with Crippen molar-refractivity contribution in [3.05, 3.63) is 77.4 Å². The zero-order valence-electron chi connectivity index (χ0n) is 12.6. The van der Waals surface area contributed by atoms with Crippen molar-refractivity contribution in [2.24, 2.45) is 0 Å². The van der Waals surface area contributed by atoms with Crippen LogP contribution in [0.1, 0.15) is 21.5 Å². The Labute approximate surface area is 130 Å². The van der Waals surface area contributed by atoms with E-state index in [2.05, 4.69) is 42.5 Å². The molecule has 22 heavy (non-hydrogen) atoms. The fourth-order valence-electron chi connectivity index (χ4n) is 2.85. The molecule has 0 bridgehead atoms. The fourth-order valence-corrected chi connectivity index (χ4v) is 2.85. The van der Waals surface area contributed by atoms with E-state index < -0.39 is 0 Å². The number of benzene rings is 3. The largest absolute Gasteiger partial charge is 0.496 e. The van der Waals surface area contributed by atoms with E-state index in [9.17, 15) is 4.79 Å². The monoisotopic (exact) mass is 290 g/mol. The number of carbonyl (C=O) groups is 1. The second-order valence-electron chi connectivity index (χ2n) is 5.33. The molecule has 0 aliphatic rings. The molecule has 0 heterocycles. The van der Waals surface area contributed by atoms with Gasteiger partial charge in [-0.2, -0.15) is 0 Å². The fraction of sp³-hybridized carbons (Fsp3) is 0.150. The van der Waals surface area contributed by atoms with Crippen LogP contribution < -0.4 is 4.74 Å². The highest BCUT2D eigenvalue weighted by molar-refractivity contribution is 5.85. The summed E-state index contributed by atoms with van der Waals surface area (Å²) in [6.45, 7) is 0. The Balaban J connectivity index is 1.89. The highest BCUT2D eigenvalue weighted by Gasteiger charge is 2.06. The number of aldehydes is 1. The second-order valence-corrected chi connectivity index (χ2v) is 5.33. The number of hydrogen-bond acceptors (Lipinski definition) is 2. The molecule has 0 aromatic heterocycles. The molecule has 3 rings (SSSR count). The van der Waals surface area contributed by atoms with E-state index >= 15 is 0 Å². The summed E-state index contributed by atoms with van der Waals surface area (Å²) in [4.78, 5) is 11.0. The molecule has 0 saturated heterocycles. The van der Waals surface area contributed by atoms with E-state index in [-0.39, 0.29) is 0 Å². The van der Waals surface area contributed by atoms with Gasteiger partial charge in [0.25, 0.3) is 0 Å². The van der Waals surface area contributed by atoms with E-state index in [1.165, 1.54) is 16.3 Å². The molecule has 2 heteroatoms. The first kappa shape index (κ1) is 14.3. The summed E-state index contributed by atoms with van der Waals surface area (Å²) < 4.78 is 5.40. The molecule has 0 aliphatic heterocycles. The summed E-state index contributed by atoms with van der Waals surface area (Å²) in [5.74, 6) is 0.839. The van der Waals surface area contributed by atoms with Crippen molar-refractivity contribution in [3.8, 4) is 5.75 Å². The molecule has 2 nitrogen and oxygen atoms in total. The molecular formula is C20H18O2. The van der Waals surface area contributed by atoms with E-state index in [0.29, 0.717) is 5.56 Å². The van der Waals surface area contributed by atoms with E-state index in [1.54, 1.807) is 13.2 Å². The van der Waals surface area contributed by atoms with Crippen LogP contribution in [-0.2, 0) is 12.8 Å². The van der Waals surface area contributed by atoms with Crippen LogP contribution in [0.3, 0.4) is 0 Å². The maximum Gasteiger partial charge on any atom is 0.150 e. The minimum atomic E-state index is 0.689. The number of hydrogen-bond donors (Lipinski definition) is 0. The molecule has 0 unspecified atom stereocenters. The van der Waals surface area contributed by atoms with Gasteiger partial charge in [0.1, 0.15) is 12.0 Å². The maximum atomic E-state index is 11.0. The molecule has 3 aromatic rings. The Morgan fingerprint density at radius 2 is 1.68 bits per heavy atom. The van der Waals surface area contributed by atoms with Crippen molar-refractivity contribution in [1.29, 1.82) is 0 Å². The highest BCUT2D eigenvalue weighted by atomic mass is 16.5. The zero-order chi connectivity index (χ0) is 15.4. The lowest BCUT2D eigenvalue weighted by molar-refractivity contribution is 0.112. The number of methoxy groups -OCH3 is 1. The van der Waals surface area contributed by atoms with Crippen LogP contribution in [-0.4, -0.2) is 13.4 Å². The van der Waals surface area contributed by atoms with Gasteiger partial charge >= 0.3 is 0 Å². The predicted octanol–water partition coefficient (Wildman–Crippen LogP) is 4.45. The summed E-state index contributed by atoms with van der Waals surface area (Å²) in [5, 5.41) is 2.55. The molecule has 0 saturated carbocycles. The average molecular weight is 290 g/mol. The average Bonchev–Trinajstić information content (AvgIpc) is 2.59. The summed E-state index contributed by atoms with van der Waals surface area (Å²) in [6.07, 6.45) is 2.64. The van der Waals surface area contributed by atoms with Crippen molar-refractivity contribution >= 4 is 17.1 Å². The molecule has 0 N–H and O–H groups in total. The molecule has 0 aliphatic carbocycles. The quantitative estimate of drug-likeness (QED) is 0.649. The molecule has 110 valence electrons. The SMILES string of the molecule is COc1ccc(C=O)cc1CCc1cccc2ccccc12. The Hall–Kier alpha value is -2.61. The van der Waals surface area contributed by atoms with Crippen LogP contribution in [0.4, 0.5) is 0 Å². The Bertz CT molecular complexity index is 800. The van der Waals surface area contributed by atoms with Gasteiger partial charge < -0.3 is 4.74 Å². The van der Waals surface area contributed by atoms with Crippen LogP contribution in [0.15, 0.2) is 60.7 Å². The second kappa shape index (κ2) is 6.44. The summed E-state index contributed by atoms with van der Waals surface area (Å²) in [6, 6.07) is 20.4. The molecule has 0 radical (unpaired) electrons. The van der Waals surface area contributed by atoms with E-state index in [1.807, 2.05) is 12.1 Å². The third kappa shape index (κ3) is 2.86. The topological polar surface area (TPSA) is 26.3 Å². The predicted molar refractivity (Wildman–Crippen MR) is 89.7 cm³/mol. The number of fused-ring (bicyclic) bond motifs is 1. The van der Waals surface area contributed by atoms with Gasteiger partial charge in [0.05, 0.1) is 7.11 Å². The highest BCUT2D eigenvalue weighted by Crippen LogP contribution is 2.24. The van der Waals surface area contributed by atoms with Crippen molar-refractivity contribution in [2.75, 3.05) is 7.11 Å². The Morgan fingerprint density at radius 3 is 2.50 bits per heavy atom. The van der Waals surface area contributed by atoms with Gasteiger partial charge in [-0.1, -0.05) is 42.5 Å². The van der Waals surface area contributed by atoms with E-state index in [0.717, 1.165) is 30.4 Å². The van der Waals surface area contributed by atoms with Gasteiger partial charge in [0.15, 0.2) is 0 Å². The van der Waals surface area contributed by atoms with Crippen molar-refractivity contribution in [1.82, 2.24) is 0 Å². The number of aryl methyl sites for hydroxylation is 2. The normalized spacial score (nSPS) is 10.6. The first-order valence-electron chi connectivity index (χ1n) is 7.40. The van der Waals surface area contributed by atoms with Gasteiger partial charge in [-0.3, -0.25) is 4.79 Å². The van der Waals surface area contributed by atoms with Gasteiger partial charge in [0, 0.05) is 5.56 Å². The minimum absolute atomic E-state index is 0.689. The Kier molecular flexibility index (Phi) is 4.19. The summed E-state index contributed by atoms with van der Waals surface area (Å²) in [7, 11) is 1.66. The minimum Gasteiger partial charge on any atom is -0.496 e. The molecule has 0 spiro atoms. The van der Waals surface area contributed by atoms with Crippen molar-refractivity contribution in [3.63, 3.8) is 0 Å². The maximum absolute atomic E-state index is 11.0. The van der Waals surface area contributed by atoms with Crippen molar-refractivity contribution in [2.45, 2.75) is 12.8 Å². The van der Waals surface area contributed by atoms with Crippen LogP contribution in [0.5, 0.6) is 5.75 Å². The van der Waals surface area contributed by atoms with E-state index in [4.69, 9.17) is 4.74 Å². The lowest BCUT2D eigenvalue weighted by Crippen LogP contribution is -1.97. The Morgan fingerprint density at radius 1 is 0.909 bits per heavy atom. The molecule has 3 aromatic carbocycles. The lowest BCUT2D eigenvalue weighted by atomic mass is 9.97. The van der Waals surface area contributed by atoms with Crippen LogP contribution in [0.25, 0.3) is 10.8 Å². The van der Waals surface area contributed by atoms with Crippen molar-refractivity contribution < 1.29 is 9.53 Å². The molecule has 0 fully saturated rings. The third-order valence-corrected chi connectivity index (χ3v) is 3.98.